The molecule has 0 aliphatic carbocycles. The van der Waals surface area contributed by atoms with Crippen LogP contribution in [0.1, 0.15) is 12.5 Å². The van der Waals surface area contributed by atoms with E-state index in [1.807, 2.05) is 0 Å². The number of hydrogen-bond acceptors (Lipinski definition) is 11. The number of phenols is 1. The molecule has 1 saturated heterocycles. The highest BCUT2D eigenvalue weighted by Gasteiger charge is 2.44. The van der Waals surface area contributed by atoms with E-state index in [-0.39, 0.29) is 19.0 Å². The predicted molar refractivity (Wildman–Crippen MR) is 103 cm³/mol. The Kier molecular flexibility index (Phi) is 9.37. The third-order valence-electron chi connectivity index (χ3n) is 4.36. The number of rotatable bonds is 9. The van der Waals surface area contributed by atoms with E-state index in [4.69, 9.17) is 18.9 Å². The molecule has 0 spiro atoms. The van der Waals surface area contributed by atoms with Gasteiger partial charge in [0.2, 0.25) is 0 Å². The van der Waals surface area contributed by atoms with Gasteiger partial charge in [-0.2, -0.15) is 0 Å². The van der Waals surface area contributed by atoms with Crippen molar-refractivity contribution in [1.29, 1.82) is 0 Å². The van der Waals surface area contributed by atoms with Crippen LogP contribution in [0.15, 0.2) is 30.3 Å². The quantitative estimate of drug-likeness (QED) is 0.227. The van der Waals surface area contributed by atoms with Gasteiger partial charge >= 0.3 is 11.9 Å². The van der Waals surface area contributed by atoms with E-state index in [9.17, 15) is 35.1 Å². The van der Waals surface area contributed by atoms with Crippen LogP contribution in [0.4, 0.5) is 0 Å². The van der Waals surface area contributed by atoms with Crippen LogP contribution in [-0.4, -0.2) is 94.1 Å². The van der Waals surface area contributed by atoms with Crippen LogP contribution in [0.25, 0.3) is 6.08 Å². The molecule has 31 heavy (non-hydrogen) atoms. The second kappa shape index (κ2) is 11.7. The number of esters is 2. The highest BCUT2D eigenvalue weighted by atomic mass is 16.7. The number of ether oxygens (including phenoxy) is 4. The van der Waals surface area contributed by atoms with E-state index in [1.165, 1.54) is 25.1 Å². The van der Waals surface area contributed by atoms with Crippen molar-refractivity contribution in [2.75, 3.05) is 19.8 Å². The van der Waals surface area contributed by atoms with E-state index in [0.29, 0.717) is 5.56 Å². The molecule has 1 aromatic carbocycles. The van der Waals surface area contributed by atoms with Crippen LogP contribution >= 0.6 is 0 Å². The molecule has 5 N–H and O–H groups in total. The fourth-order valence-corrected chi connectivity index (χ4v) is 2.69. The molecule has 172 valence electrons. The maximum Gasteiger partial charge on any atom is 0.331 e. The van der Waals surface area contributed by atoms with Gasteiger partial charge in [0, 0.05) is 13.0 Å². The van der Waals surface area contributed by atoms with E-state index >= 15 is 0 Å². The summed E-state index contributed by atoms with van der Waals surface area (Å²) in [6.45, 7) is -0.179. The normalized spacial score (nSPS) is 27.1. The van der Waals surface area contributed by atoms with Crippen molar-refractivity contribution in [3.8, 4) is 5.75 Å². The van der Waals surface area contributed by atoms with Crippen molar-refractivity contribution in [3.05, 3.63) is 35.9 Å². The van der Waals surface area contributed by atoms with Gasteiger partial charge in [0.15, 0.2) is 12.4 Å². The first-order chi connectivity index (χ1) is 14.7. The number of aliphatic hydroxyl groups is 4. The first-order valence-corrected chi connectivity index (χ1v) is 9.44. The molecule has 1 fully saturated rings. The van der Waals surface area contributed by atoms with Crippen LogP contribution < -0.4 is 0 Å². The Morgan fingerprint density at radius 2 is 1.77 bits per heavy atom. The summed E-state index contributed by atoms with van der Waals surface area (Å²) in [5.74, 6) is -1.32. The van der Waals surface area contributed by atoms with Gasteiger partial charge in [-0.25, -0.2) is 4.79 Å². The minimum atomic E-state index is -1.63. The summed E-state index contributed by atoms with van der Waals surface area (Å²) in [6.07, 6.45) is -5.89. The Morgan fingerprint density at radius 1 is 1.10 bits per heavy atom. The minimum Gasteiger partial charge on any atom is -0.508 e. The highest BCUT2D eigenvalue weighted by molar-refractivity contribution is 5.87. The fraction of sp³-hybridized carbons (Fsp3) is 0.500. The Balaban J connectivity index is 1.96. The van der Waals surface area contributed by atoms with Crippen molar-refractivity contribution < 1.29 is 54.1 Å². The van der Waals surface area contributed by atoms with Gasteiger partial charge in [-0.05, 0) is 23.8 Å². The van der Waals surface area contributed by atoms with Crippen molar-refractivity contribution in [3.63, 3.8) is 0 Å². The molecule has 0 amide bonds. The average Bonchev–Trinajstić information content (AvgIpc) is 2.74. The topological polar surface area (TPSA) is 172 Å². The maximum absolute atomic E-state index is 12.1. The predicted octanol–water partition coefficient (Wildman–Crippen LogP) is -1.30. The summed E-state index contributed by atoms with van der Waals surface area (Å²) >= 11 is 0. The number of aromatic hydroxyl groups is 1. The number of carbonyl (C=O) groups excluding carboxylic acids is 2. The molecule has 11 nitrogen and oxygen atoms in total. The minimum absolute atomic E-state index is 0.0755. The van der Waals surface area contributed by atoms with Crippen molar-refractivity contribution in [2.45, 2.75) is 43.7 Å². The highest BCUT2D eigenvalue weighted by Crippen LogP contribution is 2.22. The lowest BCUT2D eigenvalue weighted by molar-refractivity contribution is -0.305. The van der Waals surface area contributed by atoms with Gasteiger partial charge in [0.1, 0.15) is 36.8 Å². The molecule has 11 heteroatoms. The third-order valence-corrected chi connectivity index (χ3v) is 4.36. The van der Waals surface area contributed by atoms with E-state index in [1.54, 1.807) is 12.1 Å². The first-order valence-electron chi connectivity index (χ1n) is 9.44. The summed E-state index contributed by atoms with van der Waals surface area (Å²) in [6, 6.07) is 6.06. The zero-order valence-electron chi connectivity index (χ0n) is 16.7. The monoisotopic (exact) mass is 442 g/mol. The van der Waals surface area contributed by atoms with Gasteiger partial charge in [0.05, 0.1) is 13.2 Å². The van der Waals surface area contributed by atoms with E-state index < -0.39 is 55.4 Å². The summed E-state index contributed by atoms with van der Waals surface area (Å²) in [7, 11) is 0. The SMILES string of the molecule is CC(=O)OC[C@@H](CO[C@@H]1O[C@H](CO)[C@@H](O)[C@H](O)[C@H]1O)OC(=O)/C=C/c1ccc(O)cc1. The van der Waals surface area contributed by atoms with Gasteiger partial charge in [-0.1, -0.05) is 12.1 Å². The summed E-state index contributed by atoms with van der Waals surface area (Å²) in [4.78, 5) is 23.2. The number of aliphatic hydroxyl groups excluding tert-OH is 4. The maximum atomic E-state index is 12.1. The zero-order chi connectivity index (χ0) is 23.0. The molecular formula is C20H26O11. The van der Waals surface area contributed by atoms with Crippen LogP contribution in [0.5, 0.6) is 5.75 Å². The number of carbonyl (C=O) groups is 2. The van der Waals surface area contributed by atoms with E-state index in [0.717, 1.165) is 6.08 Å². The Bertz CT molecular complexity index is 746. The molecular weight excluding hydrogens is 416 g/mol. The summed E-state index contributed by atoms with van der Waals surface area (Å²) < 4.78 is 20.6. The second-order valence-electron chi connectivity index (χ2n) is 6.82. The lowest BCUT2D eigenvalue weighted by Gasteiger charge is -2.39. The molecule has 0 radical (unpaired) electrons. The number of benzene rings is 1. The molecule has 1 heterocycles. The first kappa shape index (κ1) is 24.7. The van der Waals surface area contributed by atoms with Crippen molar-refractivity contribution >= 4 is 18.0 Å². The fourth-order valence-electron chi connectivity index (χ4n) is 2.69. The molecule has 0 bridgehead atoms. The van der Waals surface area contributed by atoms with Crippen LogP contribution in [-0.2, 0) is 28.5 Å². The van der Waals surface area contributed by atoms with E-state index in [2.05, 4.69) is 0 Å². The number of phenolic OH excluding ortho intramolecular Hbond substituents is 1. The molecule has 0 saturated carbocycles. The summed E-state index contributed by atoms with van der Waals surface area (Å²) in [5, 5.41) is 48.1. The van der Waals surface area contributed by atoms with Gasteiger partial charge in [-0.3, -0.25) is 4.79 Å². The number of hydrogen-bond donors (Lipinski definition) is 5. The molecule has 1 aliphatic rings. The third kappa shape index (κ3) is 7.58. The standard InChI is InChI=1S/C20H26O11/c1-11(22)28-9-14(30-16(24)7-4-12-2-5-13(23)6-3-12)10-29-20-19(27)18(26)17(25)15(8-21)31-20/h2-7,14-15,17-21,23,25-27H,8-10H2,1H3/b7-4+/t14-,15+,17+,18-,19+,20+/m0/s1. The second-order valence-corrected chi connectivity index (χ2v) is 6.82. The molecule has 0 unspecified atom stereocenters. The Labute approximate surface area is 178 Å². The molecule has 1 aromatic rings. The largest absolute Gasteiger partial charge is 0.508 e. The molecule has 1 aliphatic heterocycles. The van der Waals surface area contributed by atoms with Crippen molar-refractivity contribution in [1.82, 2.24) is 0 Å². The lowest BCUT2D eigenvalue weighted by Crippen LogP contribution is -2.59. The molecule has 6 atom stereocenters. The van der Waals surface area contributed by atoms with Crippen LogP contribution in [0, 0.1) is 0 Å². The van der Waals surface area contributed by atoms with Gasteiger partial charge in [0.25, 0.3) is 0 Å². The van der Waals surface area contributed by atoms with Gasteiger partial charge < -0.3 is 44.5 Å². The summed E-state index contributed by atoms with van der Waals surface area (Å²) in [5.41, 5.74) is 0.629. The lowest BCUT2D eigenvalue weighted by atomic mass is 9.99. The van der Waals surface area contributed by atoms with Crippen LogP contribution in [0.3, 0.4) is 0 Å². The Hall–Kier alpha value is -2.54. The Morgan fingerprint density at radius 3 is 2.39 bits per heavy atom. The molecule has 2 rings (SSSR count). The molecule has 0 aromatic heterocycles. The zero-order valence-corrected chi connectivity index (χ0v) is 16.7. The smallest absolute Gasteiger partial charge is 0.331 e. The average molecular weight is 442 g/mol. The van der Waals surface area contributed by atoms with Gasteiger partial charge in [-0.15, -0.1) is 0 Å². The van der Waals surface area contributed by atoms with Crippen molar-refractivity contribution in [2.24, 2.45) is 0 Å². The van der Waals surface area contributed by atoms with Crippen LogP contribution in [0.2, 0.25) is 0 Å².